The standard InChI is InChI=1S/C26H20ClF4N5O4/c1-24(23(32)38)11-40-20-16(24)8-17(36-19(20)12-2-4-13(28)5-3-12)25(39,26(29,30)31)10-35-22(37)15-9-34-21-14(18(15)27)6-7-33-21/h2-9,39H,10-11H2,1H3,(H2,32,38)(H,33,34)(H,35,37)/t24-,25?/m0/s1. The van der Waals surface area contributed by atoms with Gasteiger partial charge in [0.2, 0.25) is 11.5 Å². The van der Waals surface area contributed by atoms with Gasteiger partial charge >= 0.3 is 6.18 Å². The molecule has 0 radical (unpaired) electrons. The zero-order valence-electron chi connectivity index (χ0n) is 20.6. The molecule has 14 heteroatoms. The number of halogens is 5. The smallest absolute Gasteiger partial charge is 0.424 e. The number of primary amides is 1. The molecule has 1 aliphatic rings. The number of carbonyl (C=O) groups excluding carboxylic acids is 2. The Bertz CT molecular complexity index is 1660. The second-order valence-electron chi connectivity index (χ2n) is 9.49. The van der Waals surface area contributed by atoms with E-state index in [4.69, 9.17) is 22.1 Å². The number of amides is 2. The number of nitrogens with zero attached hydrogens (tertiary/aromatic N) is 2. The molecule has 4 aromatic rings. The summed E-state index contributed by atoms with van der Waals surface area (Å²) in [5.74, 6) is -2.57. The molecule has 4 heterocycles. The van der Waals surface area contributed by atoms with Crippen molar-refractivity contribution in [3.05, 3.63) is 76.5 Å². The molecular formula is C26H20ClF4N5O4. The molecule has 0 spiro atoms. The molecule has 5 rings (SSSR count). The summed E-state index contributed by atoms with van der Waals surface area (Å²) in [7, 11) is 0. The maximum absolute atomic E-state index is 14.5. The zero-order chi connectivity index (χ0) is 29.0. The van der Waals surface area contributed by atoms with E-state index in [1.54, 1.807) is 0 Å². The Kier molecular flexibility index (Phi) is 6.46. The number of alkyl halides is 3. The van der Waals surface area contributed by atoms with E-state index >= 15 is 0 Å². The molecule has 1 aromatic carbocycles. The van der Waals surface area contributed by atoms with E-state index in [0.717, 1.165) is 24.4 Å². The van der Waals surface area contributed by atoms with Crippen LogP contribution in [0, 0.1) is 5.82 Å². The van der Waals surface area contributed by atoms with Crippen molar-refractivity contribution in [2.45, 2.75) is 24.1 Å². The lowest BCUT2D eigenvalue weighted by Gasteiger charge is -2.31. The van der Waals surface area contributed by atoms with E-state index in [2.05, 4.69) is 20.3 Å². The Labute approximate surface area is 228 Å². The molecule has 0 bridgehead atoms. The lowest BCUT2D eigenvalue weighted by molar-refractivity contribution is -0.265. The fraction of sp³-hybridized carbons (Fsp3) is 0.231. The van der Waals surface area contributed by atoms with Crippen molar-refractivity contribution in [1.29, 1.82) is 0 Å². The van der Waals surface area contributed by atoms with E-state index in [9.17, 15) is 32.3 Å². The maximum atomic E-state index is 14.5. The number of rotatable bonds is 6. The summed E-state index contributed by atoms with van der Waals surface area (Å²) in [4.78, 5) is 36.1. The molecule has 40 heavy (non-hydrogen) atoms. The Balaban J connectivity index is 1.60. The first kappa shape index (κ1) is 27.3. The second-order valence-corrected chi connectivity index (χ2v) is 9.87. The number of hydrogen-bond donors (Lipinski definition) is 4. The number of nitrogens with one attached hydrogen (secondary N) is 2. The minimum Gasteiger partial charge on any atom is -0.489 e. The highest BCUT2D eigenvalue weighted by molar-refractivity contribution is 6.38. The first-order valence-electron chi connectivity index (χ1n) is 11.7. The number of aliphatic hydroxyl groups is 1. The molecule has 1 aliphatic heterocycles. The molecular weight excluding hydrogens is 558 g/mol. The molecule has 0 fully saturated rings. The van der Waals surface area contributed by atoms with Crippen molar-refractivity contribution < 1.29 is 37.0 Å². The molecule has 2 amide bonds. The third kappa shape index (κ3) is 4.31. The van der Waals surface area contributed by atoms with Gasteiger partial charge in [-0.05, 0) is 43.3 Å². The van der Waals surface area contributed by atoms with Crippen LogP contribution in [0.15, 0.2) is 48.8 Å². The molecule has 0 aliphatic carbocycles. The number of nitrogens with two attached hydrogens (primary N) is 1. The summed E-state index contributed by atoms with van der Waals surface area (Å²) in [6, 6.07) is 7.05. The average molecular weight is 578 g/mol. The van der Waals surface area contributed by atoms with Gasteiger partial charge < -0.3 is 25.9 Å². The summed E-state index contributed by atoms with van der Waals surface area (Å²) in [5, 5.41) is 13.5. The van der Waals surface area contributed by atoms with Gasteiger partial charge in [-0.3, -0.25) is 9.59 Å². The Morgan fingerprint density at radius 2 is 1.95 bits per heavy atom. The molecule has 3 aromatic heterocycles. The van der Waals surface area contributed by atoms with Crippen molar-refractivity contribution >= 4 is 34.4 Å². The summed E-state index contributed by atoms with van der Waals surface area (Å²) >= 11 is 6.26. The number of carbonyl (C=O) groups is 2. The molecule has 208 valence electrons. The second kappa shape index (κ2) is 9.45. The van der Waals surface area contributed by atoms with E-state index in [1.807, 2.05) is 0 Å². The number of pyridine rings is 2. The maximum Gasteiger partial charge on any atom is 0.424 e. The molecule has 0 saturated carbocycles. The minimum atomic E-state index is -5.36. The number of H-pyrrole nitrogens is 1. The lowest BCUT2D eigenvalue weighted by Crippen LogP contribution is -2.52. The first-order chi connectivity index (χ1) is 18.8. The Morgan fingerprint density at radius 3 is 2.60 bits per heavy atom. The lowest BCUT2D eigenvalue weighted by atomic mass is 9.81. The third-order valence-electron chi connectivity index (χ3n) is 6.90. The van der Waals surface area contributed by atoms with Gasteiger partial charge in [-0.25, -0.2) is 14.4 Å². The fourth-order valence-electron chi connectivity index (χ4n) is 4.38. The molecule has 9 nitrogen and oxygen atoms in total. The quantitative estimate of drug-likeness (QED) is 0.257. The highest BCUT2D eigenvalue weighted by Crippen LogP contribution is 2.47. The van der Waals surface area contributed by atoms with E-state index in [1.165, 1.54) is 31.3 Å². The normalized spacial score (nSPS) is 18.2. The predicted octanol–water partition coefficient (Wildman–Crippen LogP) is 3.73. The van der Waals surface area contributed by atoms with Gasteiger partial charge in [0.05, 0.1) is 22.8 Å². The topological polar surface area (TPSA) is 143 Å². The van der Waals surface area contributed by atoms with Gasteiger partial charge in [-0.1, -0.05) is 11.6 Å². The van der Waals surface area contributed by atoms with Crippen LogP contribution in [0.2, 0.25) is 5.02 Å². The number of aromatic nitrogens is 3. The van der Waals surface area contributed by atoms with Crippen LogP contribution in [0.25, 0.3) is 22.3 Å². The van der Waals surface area contributed by atoms with Crippen LogP contribution in [0.4, 0.5) is 17.6 Å². The van der Waals surface area contributed by atoms with Crippen LogP contribution in [-0.2, 0) is 15.8 Å². The highest BCUT2D eigenvalue weighted by Gasteiger charge is 2.57. The van der Waals surface area contributed by atoms with E-state index in [0.29, 0.717) is 11.0 Å². The molecule has 0 saturated heterocycles. The van der Waals surface area contributed by atoms with Crippen LogP contribution < -0.4 is 15.8 Å². The Morgan fingerprint density at radius 1 is 1.25 bits per heavy atom. The largest absolute Gasteiger partial charge is 0.489 e. The van der Waals surface area contributed by atoms with Gasteiger partial charge in [0, 0.05) is 28.9 Å². The van der Waals surface area contributed by atoms with Gasteiger partial charge in [0.25, 0.3) is 5.91 Å². The first-order valence-corrected chi connectivity index (χ1v) is 12.1. The summed E-state index contributed by atoms with van der Waals surface area (Å²) in [5.41, 5.74) is -0.636. The van der Waals surface area contributed by atoms with Crippen LogP contribution in [0.5, 0.6) is 5.75 Å². The van der Waals surface area contributed by atoms with Gasteiger partial charge in [-0.2, -0.15) is 13.2 Å². The third-order valence-corrected chi connectivity index (χ3v) is 7.30. The van der Waals surface area contributed by atoms with Crippen LogP contribution >= 0.6 is 11.6 Å². The van der Waals surface area contributed by atoms with Crippen LogP contribution in [0.3, 0.4) is 0 Å². The monoisotopic (exact) mass is 577 g/mol. The van der Waals surface area contributed by atoms with Crippen LogP contribution in [0.1, 0.15) is 28.5 Å². The summed E-state index contributed by atoms with van der Waals surface area (Å²) < 4.78 is 62.8. The summed E-state index contributed by atoms with van der Waals surface area (Å²) in [6.45, 7) is -0.301. The Hall–Kier alpha value is -4.23. The van der Waals surface area contributed by atoms with Gasteiger partial charge in [-0.15, -0.1) is 0 Å². The zero-order valence-corrected chi connectivity index (χ0v) is 21.3. The fourth-order valence-corrected chi connectivity index (χ4v) is 4.66. The van der Waals surface area contributed by atoms with Crippen LogP contribution in [-0.4, -0.2) is 51.2 Å². The molecule has 1 unspecified atom stereocenters. The van der Waals surface area contributed by atoms with E-state index in [-0.39, 0.29) is 39.8 Å². The van der Waals surface area contributed by atoms with Crippen molar-refractivity contribution in [1.82, 2.24) is 20.3 Å². The van der Waals surface area contributed by atoms with Crippen molar-refractivity contribution in [2.75, 3.05) is 13.2 Å². The van der Waals surface area contributed by atoms with Gasteiger partial charge in [0.15, 0.2) is 0 Å². The highest BCUT2D eigenvalue weighted by atomic mass is 35.5. The average Bonchev–Trinajstić information content (AvgIpc) is 3.53. The molecule has 2 atom stereocenters. The predicted molar refractivity (Wildman–Crippen MR) is 135 cm³/mol. The van der Waals surface area contributed by atoms with Crippen molar-refractivity contribution in [3.63, 3.8) is 0 Å². The number of fused-ring (bicyclic) bond motifs is 2. The number of aromatic amines is 1. The van der Waals surface area contributed by atoms with E-state index < -0.39 is 47.1 Å². The number of hydrogen-bond acceptors (Lipinski definition) is 6. The number of ether oxygens (including phenoxy) is 1. The summed E-state index contributed by atoms with van der Waals surface area (Å²) in [6.07, 6.45) is -2.76. The van der Waals surface area contributed by atoms with Crippen molar-refractivity contribution in [3.8, 4) is 17.0 Å². The number of benzene rings is 1. The van der Waals surface area contributed by atoms with Crippen molar-refractivity contribution in [2.24, 2.45) is 5.73 Å². The molecule has 5 N–H and O–H groups in total. The van der Waals surface area contributed by atoms with Gasteiger partial charge in [0.1, 0.15) is 34.9 Å². The minimum absolute atomic E-state index is 0.0390. The SMILES string of the molecule is C[C@]1(C(N)=O)COc2c1cc(C(O)(CNC(=O)c1cnc3[nH]ccc3c1Cl)C(F)(F)F)nc2-c1ccc(F)cc1.